The van der Waals surface area contributed by atoms with Crippen LogP contribution < -0.4 is 0 Å². The molecular formula is C19H31N3O3. The number of aryl methyl sites for hydroxylation is 1. The van der Waals surface area contributed by atoms with E-state index >= 15 is 0 Å². The molecule has 1 fully saturated rings. The maximum atomic E-state index is 12.5. The number of aromatic nitrogens is 2. The molecule has 0 radical (unpaired) electrons. The molecule has 1 aliphatic rings. The lowest BCUT2D eigenvalue weighted by molar-refractivity contribution is -0.138. The summed E-state index contributed by atoms with van der Waals surface area (Å²) >= 11 is 0. The molecule has 0 spiro atoms. The number of carboxylic acids is 1. The molecule has 0 saturated carbocycles. The first-order valence-corrected chi connectivity index (χ1v) is 9.30. The molecule has 2 heterocycles. The zero-order valence-corrected chi connectivity index (χ0v) is 15.9. The Hall–Kier alpha value is -1.85. The third-order valence-corrected chi connectivity index (χ3v) is 5.09. The summed E-state index contributed by atoms with van der Waals surface area (Å²) in [5, 5.41) is 13.5. The van der Waals surface area contributed by atoms with Crippen molar-refractivity contribution < 1.29 is 14.7 Å². The summed E-state index contributed by atoms with van der Waals surface area (Å²) in [6.07, 6.45) is 3.03. The molecule has 0 unspecified atom stereocenters. The topological polar surface area (TPSA) is 75.4 Å². The number of likely N-dealkylation sites (tertiary alicyclic amines) is 1. The molecule has 6 heteroatoms. The standard InChI is InChI=1S/C19H31N3O3/c1-13(2)12-22-15(4)17(14(3)20-22)5-6-18(23)21-9-7-16(8-10-21)11-19(24)25/h13,16H,5-12H2,1-4H3,(H,24,25). The van der Waals surface area contributed by atoms with Gasteiger partial charge in [-0.3, -0.25) is 14.3 Å². The van der Waals surface area contributed by atoms with Gasteiger partial charge in [0.2, 0.25) is 5.91 Å². The smallest absolute Gasteiger partial charge is 0.303 e. The van der Waals surface area contributed by atoms with Crippen molar-refractivity contribution in [1.82, 2.24) is 14.7 Å². The highest BCUT2D eigenvalue weighted by atomic mass is 16.4. The van der Waals surface area contributed by atoms with Gasteiger partial charge in [0.05, 0.1) is 5.69 Å². The number of aliphatic carboxylic acids is 1. The average Bonchev–Trinajstić information content (AvgIpc) is 2.78. The van der Waals surface area contributed by atoms with Crippen LogP contribution in [0.3, 0.4) is 0 Å². The second-order valence-electron chi connectivity index (χ2n) is 7.65. The van der Waals surface area contributed by atoms with Crippen LogP contribution in [0, 0.1) is 25.7 Å². The summed E-state index contributed by atoms with van der Waals surface area (Å²) in [5.74, 6) is 0.179. The average molecular weight is 349 g/mol. The van der Waals surface area contributed by atoms with E-state index in [1.807, 2.05) is 11.8 Å². The van der Waals surface area contributed by atoms with E-state index in [0.717, 1.165) is 31.5 Å². The third-order valence-electron chi connectivity index (χ3n) is 5.09. The molecule has 1 aromatic rings. The maximum Gasteiger partial charge on any atom is 0.303 e. The Labute approximate surface area is 150 Å². The fraction of sp³-hybridized carbons (Fsp3) is 0.737. The molecule has 1 saturated heterocycles. The minimum absolute atomic E-state index is 0.171. The first-order chi connectivity index (χ1) is 11.8. The number of amides is 1. The molecule has 1 aliphatic heterocycles. The van der Waals surface area contributed by atoms with Crippen molar-refractivity contribution in [1.29, 1.82) is 0 Å². The predicted octanol–water partition coefficient (Wildman–Crippen LogP) is 2.80. The maximum absolute atomic E-state index is 12.5. The molecule has 25 heavy (non-hydrogen) atoms. The Morgan fingerprint density at radius 2 is 1.88 bits per heavy atom. The van der Waals surface area contributed by atoms with E-state index in [0.29, 0.717) is 25.4 Å². The number of hydrogen-bond acceptors (Lipinski definition) is 3. The first kappa shape index (κ1) is 19.5. The molecule has 6 nitrogen and oxygen atoms in total. The molecule has 0 aromatic carbocycles. The number of carboxylic acid groups (broad SMARTS) is 1. The van der Waals surface area contributed by atoms with E-state index in [2.05, 4.69) is 30.6 Å². The van der Waals surface area contributed by atoms with Gasteiger partial charge in [-0.15, -0.1) is 0 Å². The second kappa shape index (κ2) is 8.50. The van der Waals surface area contributed by atoms with Gasteiger partial charge in [-0.2, -0.15) is 5.10 Å². The first-order valence-electron chi connectivity index (χ1n) is 9.30. The fourth-order valence-electron chi connectivity index (χ4n) is 3.64. The zero-order chi connectivity index (χ0) is 18.6. The van der Waals surface area contributed by atoms with Gasteiger partial charge in [-0.1, -0.05) is 13.8 Å². The molecule has 0 atom stereocenters. The highest BCUT2D eigenvalue weighted by molar-refractivity contribution is 5.76. The number of rotatable bonds is 7. The quantitative estimate of drug-likeness (QED) is 0.821. The largest absolute Gasteiger partial charge is 0.481 e. The Morgan fingerprint density at radius 1 is 1.24 bits per heavy atom. The monoisotopic (exact) mass is 349 g/mol. The van der Waals surface area contributed by atoms with Crippen molar-refractivity contribution >= 4 is 11.9 Å². The van der Waals surface area contributed by atoms with Gasteiger partial charge in [0, 0.05) is 38.2 Å². The molecule has 2 rings (SSSR count). The molecular weight excluding hydrogens is 318 g/mol. The summed E-state index contributed by atoms with van der Waals surface area (Å²) < 4.78 is 2.05. The minimum atomic E-state index is -0.742. The van der Waals surface area contributed by atoms with E-state index in [9.17, 15) is 9.59 Å². The summed E-state index contributed by atoms with van der Waals surface area (Å²) in [5.41, 5.74) is 3.38. The van der Waals surface area contributed by atoms with Crippen molar-refractivity contribution in [3.05, 3.63) is 17.0 Å². The highest BCUT2D eigenvalue weighted by Gasteiger charge is 2.24. The highest BCUT2D eigenvalue weighted by Crippen LogP contribution is 2.22. The van der Waals surface area contributed by atoms with Crippen LogP contribution in [0.15, 0.2) is 0 Å². The third kappa shape index (κ3) is 5.31. The van der Waals surface area contributed by atoms with Gasteiger partial charge in [0.15, 0.2) is 0 Å². The van der Waals surface area contributed by atoms with Crippen LogP contribution in [0.25, 0.3) is 0 Å². The SMILES string of the molecule is Cc1nn(CC(C)C)c(C)c1CCC(=O)N1CCC(CC(=O)O)CC1. The lowest BCUT2D eigenvalue weighted by Gasteiger charge is -2.31. The van der Waals surface area contributed by atoms with E-state index in [1.54, 1.807) is 0 Å². The van der Waals surface area contributed by atoms with E-state index in [-0.39, 0.29) is 18.2 Å². The van der Waals surface area contributed by atoms with Gasteiger partial charge in [-0.05, 0) is 50.5 Å². The van der Waals surface area contributed by atoms with Crippen molar-refractivity contribution in [2.24, 2.45) is 11.8 Å². The van der Waals surface area contributed by atoms with Crippen molar-refractivity contribution in [3.8, 4) is 0 Å². The Kier molecular flexibility index (Phi) is 6.62. The Morgan fingerprint density at radius 3 is 2.44 bits per heavy atom. The summed E-state index contributed by atoms with van der Waals surface area (Å²) in [6.45, 7) is 10.7. The van der Waals surface area contributed by atoms with Crippen LogP contribution in [0.4, 0.5) is 0 Å². The Bertz CT molecular complexity index is 614. The lowest BCUT2D eigenvalue weighted by atomic mass is 9.93. The van der Waals surface area contributed by atoms with Crippen LogP contribution in [-0.2, 0) is 22.6 Å². The lowest BCUT2D eigenvalue weighted by Crippen LogP contribution is -2.39. The zero-order valence-electron chi connectivity index (χ0n) is 15.9. The van der Waals surface area contributed by atoms with Crippen molar-refractivity contribution in [2.45, 2.75) is 66.3 Å². The fourth-order valence-corrected chi connectivity index (χ4v) is 3.64. The summed E-state index contributed by atoms with van der Waals surface area (Å²) in [7, 11) is 0. The van der Waals surface area contributed by atoms with Gasteiger partial charge in [0.1, 0.15) is 0 Å². The van der Waals surface area contributed by atoms with Gasteiger partial charge in [0.25, 0.3) is 0 Å². The van der Waals surface area contributed by atoms with Crippen LogP contribution in [0.5, 0.6) is 0 Å². The van der Waals surface area contributed by atoms with Gasteiger partial charge in [-0.25, -0.2) is 0 Å². The minimum Gasteiger partial charge on any atom is -0.481 e. The Balaban J connectivity index is 1.86. The van der Waals surface area contributed by atoms with Gasteiger partial charge < -0.3 is 10.0 Å². The van der Waals surface area contributed by atoms with Crippen LogP contribution in [-0.4, -0.2) is 44.8 Å². The summed E-state index contributed by atoms with van der Waals surface area (Å²) in [4.78, 5) is 25.2. The second-order valence-corrected chi connectivity index (χ2v) is 7.65. The normalized spacial score (nSPS) is 15.8. The molecule has 140 valence electrons. The van der Waals surface area contributed by atoms with E-state index in [4.69, 9.17) is 5.11 Å². The number of carbonyl (C=O) groups excluding carboxylic acids is 1. The van der Waals surface area contributed by atoms with E-state index < -0.39 is 5.97 Å². The predicted molar refractivity (Wildman–Crippen MR) is 96.4 cm³/mol. The number of piperidine rings is 1. The number of nitrogens with zero attached hydrogens (tertiary/aromatic N) is 3. The molecule has 1 N–H and O–H groups in total. The van der Waals surface area contributed by atoms with E-state index in [1.165, 1.54) is 11.3 Å². The van der Waals surface area contributed by atoms with Crippen LogP contribution in [0.1, 0.15) is 56.5 Å². The molecule has 1 amide bonds. The molecule has 0 aliphatic carbocycles. The molecule has 1 aromatic heterocycles. The summed E-state index contributed by atoms with van der Waals surface area (Å²) in [6, 6.07) is 0. The van der Waals surface area contributed by atoms with Gasteiger partial charge >= 0.3 is 5.97 Å². The van der Waals surface area contributed by atoms with Crippen molar-refractivity contribution in [2.75, 3.05) is 13.1 Å². The number of carbonyl (C=O) groups is 2. The van der Waals surface area contributed by atoms with Crippen LogP contribution >= 0.6 is 0 Å². The number of hydrogen-bond donors (Lipinski definition) is 1. The van der Waals surface area contributed by atoms with Crippen LogP contribution in [0.2, 0.25) is 0 Å². The molecule has 0 bridgehead atoms. The van der Waals surface area contributed by atoms with Crippen molar-refractivity contribution in [3.63, 3.8) is 0 Å².